The monoisotopic (exact) mass is 470 g/mol. The maximum atomic E-state index is 12.1. The number of hydrogen-bond acceptors (Lipinski definition) is 3. The molecule has 0 atom stereocenters. The molecule has 0 saturated heterocycles. The zero-order valence-electron chi connectivity index (χ0n) is 12.9. The van der Waals surface area contributed by atoms with Gasteiger partial charge in [-0.05, 0) is 0 Å². The van der Waals surface area contributed by atoms with Crippen LogP contribution >= 0.6 is 35.3 Å². The number of halogens is 4. The third-order valence-electron chi connectivity index (χ3n) is 2.95. The molecule has 0 radical (unpaired) electrons. The fourth-order valence-electron chi connectivity index (χ4n) is 1.84. The lowest BCUT2D eigenvalue weighted by atomic mass is 10.2. The van der Waals surface area contributed by atoms with Crippen molar-refractivity contribution in [3.05, 3.63) is 40.7 Å². The SMILES string of the molecule is CN=C(NCCC(F)(F)F)NCc1nc(-c2ccccc2)cs1.I. The molecule has 0 unspecified atom stereocenters. The van der Waals surface area contributed by atoms with E-state index >= 15 is 0 Å². The first kappa shape index (κ1) is 20.7. The fourth-order valence-corrected chi connectivity index (χ4v) is 2.58. The number of benzene rings is 1. The molecule has 132 valence electrons. The Kier molecular flexibility index (Phi) is 8.46. The first-order chi connectivity index (χ1) is 11.0. The maximum absolute atomic E-state index is 12.1. The van der Waals surface area contributed by atoms with Crippen LogP contribution in [0.4, 0.5) is 13.2 Å². The van der Waals surface area contributed by atoms with E-state index in [-0.39, 0.29) is 30.5 Å². The van der Waals surface area contributed by atoms with E-state index in [0.29, 0.717) is 12.5 Å². The van der Waals surface area contributed by atoms with Crippen LogP contribution in [0.15, 0.2) is 40.7 Å². The van der Waals surface area contributed by atoms with Gasteiger partial charge in [0.25, 0.3) is 0 Å². The summed E-state index contributed by atoms with van der Waals surface area (Å²) in [5.74, 6) is 0.325. The molecule has 2 aromatic rings. The minimum absolute atomic E-state index is 0. The molecule has 0 spiro atoms. The van der Waals surface area contributed by atoms with Crippen LogP contribution in [0.25, 0.3) is 11.3 Å². The van der Waals surface area contributed by atoms with Crippen molar-refractivity contribution in [1.82, 2.24) is 15.6 Å². The molecule has 4 nitrogen and oxygen atoms in total. The summed E-state index contributed by atoms with van der Waals surface area (Å²) in [5.41, 5.74) is 1.91. The minimum Gasteiger partial charge on any atom is -0.356 e. The Balaban J connectivity index is 0.00000288. The van der Waals surface area contributed by atoms with Crippen LogP contribution in [-0.2, 0) is 6.54 Å². The average molecular weight is 470 g/mol. The molecule has 0 bridgehead atoms. The highest BCUT2D eigenvalue weighted by Crippen LogP contribution is 2.21. The van der Waals surface area contributed by atoms with E-state index in [1.807, 2.05) is 35.7 Å². The summed E-state index contributed by atoms with van der Waals surface area (Å²) in [6, 6.07) is 9.78. The standard InChI is InChI=1S/C15H17F3N4S.HI/c1-19-14(20-8-7-15(16,17)18)21-9-13-22-12(10-23-13)11-5-3-2-4-6-11;/h2-6,10H,7-9H2,1H3,(H2,19,20,21);1H. The van der Waals surface area contributed by atoms with Gasteiger partial charge in [0, 0.05) is 24.5 Å². The van der Waals surface area contributed by atoms with Crippen molar-refractivity contribution < 1.29 is 13.2 Å². The summed E-state index contributed by atoms with van der Waals surface area (Å²) >= 11 is 1.49. The van der Waals surface area contributed by atoms with E-state index in [1.165, 1.54) is 18.4 Å². The summed E-state index contributed by atoms with van der Waals surface area (Å²) in [6.45, 7) is 0.194. The molecule has 0 aliphatic carbocycles. The molecule has 0 aliphatic heterocycles. The molecule has 2 rings (SSSR count). The summed E-state index contributed by atoms with van der Waals surface area (Å²) in [4.78, 5) is 8.39. The number of nitrogens with one attached hydrogen (secondary N) is 2. The number of nitrogens with zero attached hydrogens (tertiary/aromatic N) is 2. The van der Waals surface area contributed by atoms with Crippen molar-refractivity contribution in [2.45, 2.75) is 19.1 Å². The molecule has 1 aromatic heterocycles. The highest BCUT2D eigenvalue weighted by Gasteiger charge is 2.26. The summed E-state index contributed by atoms with van der Waals surface area (Å²) in [6.07, 6.45) is -5.07. The molecule has 0 saturated carbocycles. The Morgan fingerprint density at radius 1 is 1.21 bits per heavy atom. The minimum atomic E-state index is -4.17. The number of alkyl halides is 3. The molecule has 24 heavy (non-hydrogen) atoms. The Labute approximate surface area is 159 Å². The van der Waals surface area contributed by atoms with Gasteiger partial charge in [-0.1, -0.05) is 30.3 Å². The number of aromatic nitrogens is 1. The van der Waals surface area contributed by atoms with Gasteiger partial charge in [-0.15, -0.1) is 35.3 Å². The molecule has 0 fully saturated rings. The van der Waals surface area contributed by atoms with Crippen LogP contribution in [-0.4, -0.2) is 30.7 Å². The van der Waals surface area contributed by atoms with Gasteiger partial charge in [0.05, 0.1) is 18.7 Å². The number of hydrogen-bond donors (Lipinski definition) is 2. The van der Waals surface area contributed by atoms with Crippen LogP contribution in [0, 0.1) is 0 Å². The number of aliphatic imine (C=N–C) groups is 1. The molecule has 0 amide bonds. The number of rotatable bonds is 5. The first-order valence-electron chi connectivity index (χ1n) is 6.99. The van der Waals surface area contributed by atoms with Gasteiger partial charge in [0.1, 0.15) is 5.01 Å². The third kappa shape index (κ3) is 7.04. The zero-order chi connectivity index (χ0) is 16.7. The summed E-state index contributed by atoms with van der Waals surface area (Å²) in [5, 5.41) is 8.37. The van der Waals surface area contributed by atoms with E-state index in [1.54, 1.807) is 0 Å². The largest absolute Gasteiger partial charge is 0.390 e. The smallest absolute Gasteiger partial charge is 0.356 e. The first-order valence-corrected chi connectivity index (χ1v) is 7.87. The fraction of sp³-hybridized carbons (Fsp3) is 0.333. The highest BCUT2D eigenvalue weighted by molar-refractivity contribution is 14.0. The quantitative estimate of drug-likeness (QED) is 0.394. The lowest BCUT2D eigenvalue weighted by Gasteiger charge is -2.11. The van der Waals surface area contributed by atoms with Crippen LogP contribution in [0.3, 0.4) is 0 Å². The van der Waals surface area contributed by atoms with Crippen LogP contribution in [0.1, 0.15) is 11.4 Å². The van der Waals surface area contributed by atoms with Crippen molar-refractivity contribution >= 4 is 41.3 Å². The predicted octanol–water partition coefficient (Wildman–Crippen LogP) is 4.05. The Bertz CT molecular complexity index is 644. The van der Waals surface area contributed by atoms with Gasteiger partial charge in [-0.25, -0.2) is 4.98 Å². The predicted molar refractivity (Wildman–Crippen MR) is 102 cm³/mol. The van der Waals surface area contributed by atoms with E-state index in [4.69, 9.17) is 0 Å². The van der Waals surface area contributed by atoms with Crippen LogP contribution < -0.4 is 10.6 Å². The molecule has 2 N–H and O–H groups in total. The molecular weight excluding hydrogens is 452 g/mol. The Morgan fingerprint density at radius 3 is 2.54 bits per heavy atom. The second-order valence-electron chi connectivity index (χ2n) is 4.71. The molecule has 1 aromatic carbocycles. The van der Waals surface area contributed by atoms with Gasteiger partial charge in [-0.3, -0.25) is 4.99 Å². The van der Waals surface area contributed by atoms with Gasteiger partial charge in [0.15, 0.2) is 5.96 Å². The van der Waals surface area contributed by atoms with Crippen molar-refractivity contribution in [2.24, 2.45) is 4.99 Å². The van der Waals surface area contributed by atoms with E-state index < -0.39 is 12.6 Å². The number of thiazole rings is 1. The Hall–Kier alpha value is -1.36. The third-order valence-corrected chi connectivity index (χ3v) is 3.80. The highest BCUT2D eigenvalue weighted by atomic mass is 127. The molecular formula is C15H18F3IN4S. The summed E-state index contributed by atoms with van der Waals surface area (Å²) < 4.78 is 36.3. The van der Waals surface area contributed by atoms with E-state index in [9.17, 15) is 13.2 Å². The maximum Gasteiger partial charge on any atom is 0.390 e. The second-order valence-corrected chi connectivity index (χ2v) is 5.65. The van der Waals surface area contributed by atoms with Crippen molar-refractivity contribution in [3.8, 4) is 11.3 Å². The average Bonchev–Trinajstić information content (AvgIpc) is 2.99. The van der Waals surface area contributed by atoms with Crippen molar-refractivity contribution in [1.29, 1.82) is 0 Å². The molecule has 1 heterocycles. The van der Waals surface area contributed by atoms with Gasteiger partial charge >= 0.3 is 6.18 Å². The van der Waals surface area contributed by atoms with Crippen molar-refractivity contribution in [2.75, 3.05) is 13.6 Å². The number of guanidine groups is 1. The second kappa shape index (κ2) is 9.82. The van der Waals surface area contributed by atoms with Crippen LogP contribution in [0.2, 0.25) is 0 Å². The van der Waals surface area contributed by atoms with Gasteiger partial charge in [-0.2, -0.15) is 13.2 Å². The molecule has 0 aliphatic rings. The van der Waals surface area contributed by atoms with E-state index in [2.05, 4.69) is 20.6 Å². The summed E-state index contributed by atoms with van der Waals surface area (Å²) in [7, 11) is 1.51. The topological polar surface area (TPSA) is 49.3 Å². The molecule has 9 heteroatoms. The normalized spacial score (nSPS) is 11.8. The van der Waals surface area contributed by atoms with Crippen LogP contribution in [0.5, 0.6) is 0 Å². The zero-order valence-corrected chi connectivity index (χ0v) is 16.1. The lowest BCUT2D eigenvalue weighted by molar-refractivity contribution is -0.132. The van der Waals surface area contributed by atoms with Crippen molar-refractivity contribution in [3.63, 3.8) is 0 Å². The Morgan fingerprint density at radius 2 is 1.92 bits per heavy atom. The van der Waals surface area contributed by atoms with Gasteiger partial charge < -0.3 is 10.6 Å². The lowest BCUT2D eigenvalue weighted by Crippen LogP contribution is -2.38. The van der Waals surface area contributed by atoms with Gasteiger partial charge in [0.2, 0.25) is 0 Å². The van der Waals surface area contributed by atoms with E-state index in [0.717, 1.165) is 16.3 Å².